The predicted molar refractivity (Wildman–Crippen MR) is 125 cm³/mol. The van der Waals surface area contributed by atoms with E-state index in [0.717, 1.165) is 39.3 Å². The first-order valence-corrected chi connectivity index (χ1v) is 11.6. The summed E-state index contributed by atoms with van der Waals surface area (Å²) in [5, 5.41) is 14.2. The SMILES string of the molecule is Cc1ccccc1CN1CC2(C1)OCCC2COCc1ccncc1.O=C(O)C(F)(F)F.O=C(O)C(F)(F)F. The van der Waals surface area contributed by atoms with E-state index in [1.165, 1.54) is 16.7 Å². The Labute approximate surface area is 220 Å². The molecule has 0 amide bonds. The van der Waals surface area contributed by atoms with E-state index in [4.69, 9.17) is 29.3 Å². The number of likely N-dealkylation sites (tertiary alicyclic amines) is 1. The third-order valence-electron chi connectivity index (χ3n) is 6.06. The highest BCUT2D eigenvalue weighted by Gasteiger charge is 2.52. The van der Waals surface area contributed by atoms with E-state index < -0.39 is 24.3 Å². The van der Waals surface area contributed by atoms with Crippen LogP contribution in [0.1, 0.15) is 23.1 Å². The maximum Gasteiger partial charge on any atom is 0.490 e. The number of ether oxygens (including phenoxy) is 2. The lowest BCUT2D eigenvalue weighted by molar-refractivity contribution is -0.193. The second kappa shape index (κ2) is 13.7. The Morgan fingerprint density at radius 1 is 1.03 bits per heavy atom. The van der Waals surface area contributed by atoms with Crippen LogP contribution in [0.2, 0.25) is 0 Å². The van der Waals surface area contributed by atoms with E-state index in [9.17, 15) is 26.3 Å². The van der Waals surface area contributed by atoms with Crippen molar-refractivity contribution < 1.29 is 55.6 Å². The van der Waals surface area contributed by atoms with Gasteiger partial charge in [-0.1, -0.05) is 24.3 Å². The van der Waals surface area contributed by atoms with E-state index in [0.29, 0.717) is 12.5 Å². The fourth-order valence-electron chi connectivity index (χ4n) is 4.02. The number of aliphatic carboxylic acids is 2. The molecule has 1 aromatic carbocycles. The normalized spacial score (nSPS) is 18.3. The van der Waals surface area contributed by atoms with E-state index in [1.54, 1.807) is 0 Å². The van der Waals surface area contributed by atoms with Crippen molar-refractivity contribution in [2.75, 3.05) is 26.3 Å². The summed E-state index contributed by atoms with van der Waals surface area (Å²) >= 11 is 0. The highest BCUT2D eigenvalue weighted by atomic mass is 19.4. The van der Waals surface area contributed by atoms with Gasteiger partial charge < -0.3 is 19.7 Å². The molecule has 2 fully saturated rings. The Balaban J connectivity index is 0.000000317. The summed E-state index contributed by atoms with van der Waals surface area (Å²) in [5.74, 6) is -5.01. The fourth-order valence-corrected chi connectivity index (χ4v) is 4.02. The van der Waals surface area contributed by atoms with Crippen LogP contribution in [-0.2, 0) is 32.2 Å². The summed E-state index contributed by atoms with van der Waals surface area (Å²) in [7, 11) is 0. The molecule has 14 heteroatoms. The van der Waals surface area contributed by atoms with Gasteiger partial charge in [0.1, 0.15) is 0 Å². The lowest BCUT2D eigenvalue weighted by atomic mass is 9.81. The van der Waals surface area contributed by atoms with Crippen molar-refractivity contribution in [1.82, 2.24) is 9.88 Å². The smallest absolute Gasteiger partial charge is 0.475 e. The molecule has 2 aromatic rings. The molecule has 2 saturated heterocycles. The quantitative estimate of drug-likeness (QED) is 0.494. The number of benzene rings is 1. The van der Waals surface area contributed by atoms with Gasteiger partial charge in [0.25, 0.3) is 0 Å². The molecule has 1 unspecified atom stereocenters. The van der Waals surface area contributed by atoms with Crippen molar-refractivity contribution in [1.29, 1.82) is 0 Å². The van der Waals surface area contributed by atoms with Crippen LogP contribution < -0.4 is 0 Å². The van der Waals surface area contributed by atoms with Crippen molar-refractivity contribution in [3.05, 3.63) is 65.5 Å². The van der Waals surface area contributed by atoms with Crippen molar-refractivity contribution >= 4 is 11.9 Å². The molecule has 2 aliphatic rings. The lowest BCUT2D eigenvalue weighted by Crippen LogP contribution is -2.64. The zero-order valence-electron chi connectivity index (χ0n) is 20.8. The summed E-state index contributed by atoms with van der Waals surface area (Å²) in [6, 6.07) is 12.7. The zero-order chi connectivity index (χ0) is 29.3. The molecule has 0 saturated carbocycles. The summed E-state index contributed by atoms with van der Waals surface area (Å²) in [6.45, 7) is 7.54. The minimum atomic E-state index is -5.08. The van der Waals surface area contributed by atoms with Gasteiger partial charge in [0.2, 0.25) is 0 Å². The first kappa shape index (κ1) is 32.0. The molecule has 216 valence electrons. The monoisotopic (exact) mass is 566 g/mol. The van der Waals surface area contributed by atoms with Crippen LogP contribution in [-0.4, -0.2) is 76.3 Å². The molecule has 1 atom stereocenters. The number of nitrogens with zero attached hydrogens (tertiary/aromatic N) is 2. The Morgan fingerprint density at radius 3 is 2.08 bits per heavy atom. The average Bonchev–Trinajstić information content (AvgIpc) is 3.24. The Bertz CT molecular complexity index is 1050. The van der Waals surface area contributed by atoms with Crippen LogP contribution >= 0.6 is 0 Å². The molecular formula is C25H28F6N2O6. The third kappa shape index (κ3) is 10.1. The molecule has 4 rings (SSSR count). The number of pyridine rings is 1. The summed E-state index contributed by atoms with van der Waals surface area (Å²) in [4.78, 5) is 24.3. The molecule has 0 radical (unpaired) electrons. The minimum Gasteiger partial charge on any atom is -0.475 e. The van der Waals surface area contributed by atoms with Crippen molar-refractivity contribution in [2.24, 2.45) is 5.92 Å². The number of carbonyl (C=O) groups is 2. The third-order valence-corrected chi connectivity index (χ3v) is 6.06. The number of aryl methyl sites for hydroxylation is 1. The second-order valence-electron chi connectivity index (χ2n) is 8.95. The molecule has 0 bridgehead atoms. The van der Waals surface area contributed by atoms with Gasteiger partial charge in [-0.05, 0) is 42.2 Å². The van der Waals surface area contributed by atoms with Crippen LogP contribution in [0.4, 0.5) is 26.3 Å². The van der Waals surface area contributed by atoms with Crippen LogP contribution in [0, 0.1) is 12.8 Å². The van der Waals surface area contributed by atoms with Gasteiger partial charge in [0.05, 0.1) is 18.8 Å². The number of carboxylic acid groups (broad SMARTS) is 2. The Hall–Kier alpha value is -3.23. The topological polar surface area (TPSA) is 109 Å². The first-order valence-electron chi connectivity index (χ1n) is 11.6. The number of hydrogen-bond donors (Lipinski definition) is 2. The van der Waals surface area contributed by atoms with Gasteiger partial charge in [-0.2, -0.15) is 26.3 Å². The molecule has 0 aliphatic carbocycles. The summed E-state index contributed by atoms with van der Waals surface area (Å²) in [6.07, 6.45) is -5.43. The van der Waals surface area contributed by atoms with E-state index in [-0.39, 0.29) is 5.60 Å². The molecule has 1 aromatic heterocycles. The van der Waals surface area contributed by atoms with Crippen LogP contribution in [0.5, 0.6) is 0 Å². The molecule has 3 heterocycles. The van der Waals surface area contributed by atoms with Crippen molar-refractivity contribution in [3.63, 3.8) is 0 Å². The number of carboxylic acids is 2. The fraction of sp³-hybridized carbons (Fsp3) is 0.480. The Kier molecular flexibility index (Phi) is 11.2. The van der Waals surface area contributed by atoms with Crippen molar-refractivity contribution in [3.8, 4) is 0 Å². The highest BCUT2D eigenvalue weighted by Crippen LogP contribution is 2.40. The van der Waals surface area contributed by atoms with Gasteiger partial charge in [-0.25, -0.2) is 9.59 Å². The van der Waals surface area contributed by atoms with Gasteiger partial charge in [-0.15, -0.1) is 0 Å². The van der Waals surface area contributed by atoms with E-state index in [1.807, 2.05) is 24.5 Å². The van der Waals surface area contributed by atoms with E-state index >= 15 is 0 Å². The van der Waals surface area contributed by atoms with Gasteiger partial charge >= 0.3 is 24.3 Å². The van der Waals surface area contributed by atoms with Crippen LogP contribution in [0.3, 0.4) is 0 Å². The highest BCUT2D eigenvalue weighted by molar-refractivity contribution is 5.73. The molecular weight excluding hydrogens is 538 g/mol. The standard InChI is InChI=1S/C21H26N2O2.2C2HF3O2/c1-17-4-2-3-5-19(17)12-23-15-21(16-23)20(8-11-25-21)14-24-13-18-6-9-22-10-7-18;2*3-2(4,5)1(6)7/h2-7,9-10,20H,8,11-16H2,1H3;2*(H,6,7). The number of aromatic nitrogens is 1. The maximum absolute atomic E-state index is 10.6. The average molecular weight is 566 g/mol. The maximum atomic E-state index is 10.6. The molecule has 2 aliphatic heterocycles. The Morgan fingerprint density at radius 2 is 1.56 bits per heavy atom. The largest absolute Gasteiger partial charge is 0.490 e. The number of hydrogen-bond acceptors (Lipinski definition) is 6. The van der Waals surface area contributed by atoms with Gasteiger partial charge in [0, 0.05) is 44.6 Å². The van der Waals surface area contributed by atoms with Gasteiger partial charge in [0.15, 0.2) is 0 Å². The number of rotatable bonds is 6. The molecule has 2 N–H and O–H groups in total. The van der Waals surface area contributed by atoms with E-state index in [2.05, 4.69) is 41.1 Å². The number of alkyl halides is 6. The van der Waals surface area contributed by atoms with Crippen molar-refractivity contribution in [2.45, 2.75) is 44.4 Å². The first-order chi connectivity index (χ1) is 18.1. The lowest BCUT2D eigenvalue weighted by Gasteiger charge is -2.50. The van der Waals surface area contributed by atoms with Gasteiger partial charge in [-0.3, -0.25) is 9.88 Å². The van der Waals surface area contributed by atoms with Crippen LogP contribution in [0.15, 0.2) is 48.8 Å². The summed E-state index contributed by atoms with van der Waals surface area (Å²) in [5.41, 5.74) is 3.98. The predicted octanol–water partition coefficient (Wildman–Crippen LogP) is 4.46. The molecule has 39 heavy (non-hydrogen) atoms. The second-order valence-corrected chi connectivity index (χ2v) is 8.95. The summed E-state index contributed by atoms with van der Waals surface area (Å²) < 4.78 is 75.6. The van der Waals surface area contributed by atoms with Crippen LogP contribution in [0.25, 0.3) is 0 Å². The number of halogens is 6. The molecule has 8 nitrogen and oxygen atoms in total. The zero-order valence-corrected chi connectivity index (χ0v) is 20.8. The minimum absolute atomic E-state index is 0.0148. The molecule has 1 spiro atoms.